The van der Waals surface area contributed by atoms with Gasteiger partial charge in [0.1, 0.15) is 23.6 Å². The molecule has 5 N–H and O–H groups in total. The van der Waals surface area contributed by atoms with Gasteiger partial charge in [-0.3, -0.25) is 23.9 Å². The summed E-state index contributed by atoms with van der Waals surface area (Å²) in [4.78, 5) is 79.3. The monoisotopic (exact) mass is 1280 g/mol. The normalized spacial score (nSPS) is 25.1. The molecule has 2 saturated heterocycles. The zero-order chi connectivity index (χ0) is 64.5. The van der Waals surface area contributed by atoms with Crippen molar-refractivity contribution in [2.75, 3.05) is 56.1 Å². The Morgan fingerprint density at radius 3 is 2.35 bits per heavy atom. The first-order chi connectivity index (χ1) is 43.9. The molecular weight excluding hydrogens is 1200 g/mol. The fraction of sp³-hybridized carbons (Fsp3) is 0.543. The number of hydrogen-bond acceptors (Lipinski definition) is 17. The highest BCUT2D eigenvalue weighted by molar-refractivity contribution is 7.22. The van der Waals surface area contributed by atoms with Crippen molar-refractivity contribution in [3.05, 3.63) is 106 Å². The Morgan fingerprint density at radius 2 is 1.62 bits per heavy atom. The number of carbonyl (C=O) groups is 4. The number of ether oxygens (including phenoxy) is 1. The van der Waals surface area contributed by atoms with Crippen molar-refractivity contribution >= 4 is 79.1 Å². The summed E-state index contributed by atoms with van der Waals surface area (Å²) in [6, 6.07) is 17.5. The van der Waals surface area contributed by atoms with Crippen LogP contribution in [0.2, 0.25) is 0 Å². The fourth-order valence-electron chi connectivity index (χ4n) is 17.3. The number of thiazole rings is 2. The van der Waals surface area contributed by atoms with Crippen LogP contribution in [0.1, 0.15) is 157 Å². The molecule has 0 radical (unpaired) electrons. The molecule has 22 heteroatoms. The van der Waals surface area contributed by atoms with Crippen LogP contribution in [0.25, 0.3) is 31.8 Å². The summed E-state index contributed by atoms with van der Waals surface area (Å²) in [5, 5.41) is 38.9. The van der Waals surface area contributed by atoms with Crippen LogP contribution < -0.4 is 26.2 Å². The third-order valence-corrected chi connectivity index (χ3v) is 22.5. The molecule has 4 bridgehead atoms. The second kappa shape index (κ2) is 24.9. The molecule has 5 aromatic heterocycles. The fourth-order valence-corrected chi connectivity index (χ4v) is 19.0. The molecule has 4 saturated carbocycles. The van der Waals surface area contributed by atoms with E-state index in [-0.39, 0.29) is 53.5 Å². The second-order valence-electron chi connectivity index (χ2n) is 29.4. The number of aliphatic hydroxyl groups excluding tert-OH is 1. The lowest BCUT2D eigenvalue weighted by molar-refractivity contribution is -0.248. The number of nitrogens with zero attached hydrogens (tertiary/aromatic N) is 10. The van der Waals surface area contributed by atoms with Gasteiger partial charge in [-0.05, 0) is 162 Å². The van der Waals surface area contributed by atoms with Gasteiger partial charge in [0.25, 0.3) is 5.91 Å². The summed E-state index contributed by atoms with van der Waals surface area (Å²) in [6.07, 6.45) is 11.6. The summed E-state index contributed by atoms with van der Waals surface area (Å²) >= 11 is 3.13. The van der Waals surface area contributed by atoms with Gasteiger partial charge in [0.05, 0.1) is 56.8 Å². The number of likely N-dealkylation sites (tertiary alicyclic amines) is 2. The van der Waals surface area contributed by atoms with Crippen LogP contribution >= 0.6 is 22.7 Å². The average Bonchev–Trinajstić information content (AvgIpc) is 0.785. The summed E-state index contributed by atoms with van der Waals surface area (Å²) in [5.74, 6) is 0.0229. The number of aliphatic hydroxyl groups is 1. The number of pyridine rings is 1. The van der Waals surface area contributed by atoms with E-state index in [0.29, 0.717) is 29.6 Å². The predicted octanol–water partition coefficient (Wildman–Crippen LogP) is 10.9. The van der Waals surface area contributed by atoms with Crippen molar-refractivity contribution < 1.29 is 29.0 Å². The Balaban J connectivity index is 0.732. The van der Waals surface area contributed by atoms with Crippen molar-refractivity contribution in [3.8, 4) is 21.6 Å². The number of β-amino-alcohol motifs (C(OH)–C–C–N with tert-alkyl or cyclic N) is 1. The average molecular weight is 1290 g/mol. The number of aromatic nitrogens is 7. The number of nitrogens with one attached hydrogen (secondary N) is 4. The summed E-state index contributed by atoms with van der Waals surface area (Å²) < 4.78 is 10.4. The molecule has 92 heavy (non-hydrogen) atoms. The van der Waals surface area contributed by atoms with Crippen LogP contribution in [0.4, 0.5) is 22.6 Å². The molecule has 20 nitrogen and oxygen atoms in total. The van der Waals surface area contributed by atoms with Gasteiger partial charge in [-0.1, -0.05) is 82.4 Å². The molecule has 4 amide bonds. The number of aryl methyl sites for hydroxylation is 1. The molecule has 0 spiro atoms. The molecule has 14 rings (SSSR count). The summed E-state index contributed by atoms with van der Waals surface area (Å²) in [7, 11) is 0. The third kappa shape index (κ3) is 12.8. The van der Waals surface area contributed by atoms with Crippen LogP contribution in [0, 0.1) is 42.4 Å². The van der Waals surface area contributed by atoms with Crippen LogP contribution in [-0.2, 0) is 32.1 Å². The van der Waals surface area contributed by atoms with Crippen molar-refractivity contribution in [1.82, 2.24) is 60.7 Å². The number of carbonyl (C=O) groups excluding carboxylic acids is 4. The molecule has 4 aliphatic carbocycles. The van der Waals surface area contributed by atoms with E-state index in [1.54, 1.807) is 22.7 Å². The number of amides is 4. The highest BCUT2D eigenvalue weighted by Gasteiger charge is 2.66. The van der Waals surface area contributed by atoms with Gasteiger partial charge in [-0.2, -0.15) is 5.10 Å². The quantitative estimate of drug-likeness (QED) is 0.0477. The molecule has 3 unspecified atom stereocenters. The number of rotatable bonds is 20. The Morgan fingerprint density at radius 1 is 0.859 bits per heavy atom. The first-order valence-electron chi connectivity index (χ1n) is 33.0. The largest absolute Gasteiger partial charge is 0.391 e. The second-order valence-corrected chi connectivity index (χ2v) is 31.2. The van der Waals surface area contributed by atoms with E-state index < -0.39 is 53.3 Å². The zero-order valence-corrected chi connectivity index (χ0v) is 56.3. The molecule has 3 aliphatic heterocycles. The molecule has 7 aliphatic rings. The SMILES string of the molecule is Cc1ncsc1-c1ccc([C@@H](C)NC(=O)[C@@H]2C[C@H](O)CN2C(=O)C(NC(=O)CCNC(=O)c2nc(N3CCCc4c3nnc(Nc3nc5ccccc5s3)c4C)ccc2-c2cnn(CC34CC5(C)CC(C)(C3)CC(OCCN3CCCC3)(C5)C4)c2C)C(C)(C)C)cc1. The molecule has 7 aromatic rings. The van der Waals surface area contributed by atoms with Gasteiger partial charge in [0, 0.05) is 73.5 Å². The van der Waals surface area contributed by atoms with Gasteiger partial charge >= 0.3 is 0 Å². The lowest BCUT2D eigenvalue weighted by atomic mass is 9.39. The Bertz CT molecular complexity index is 3890. The predicted molar refractivity (Wildman–Crippen MR) is 359 cm³/mol. The van der Waals surface area contributed by atoms with Crippen molar-refractivity contribution in [1.29, 1.82) is 0 Å². The van der Waals surface area contributed by atoms with Crippen LogP contribution in [0.3, 0.4) is 0 Å². The van der Waals surface area contributed by atoms with Crippen molar-refractivity contribution in [3.63, 3.8) is 0 Å². The highest BCUT2D eigenvalue weighted by Crippen LogP contribution is 2.72. The first-order valence-corrected chi connectivity index (χ1v) is 34.7. The van der Waals surface area contributed by atoms with E-state index >= 15 is 4.79 Å². The maximum Gasteiger partial charge on any atom is 0.270 e. The van der Waals surface area contributed by atoms with Gasteiger partial charge in [0.15, 0.2) is 16.8 Å². The van der Waals surface area contributed by atoms with Crippen LogP contribution in [0.15, 0.2) is 72.4 Å². The maximum absolute atomic E-state index is 15.0. The van der Waals surface area contributed by atoms with E-state index in [9.17, 15) is 19.5 Å². The molecular formula is C70H88N14O6S2. The third-order valence-electron chi connectivity index (χ3n) is 20.5. The van der Waals surface area contributed by atoms with Gasteiger partial charge in [-0.15, -0.1) is 21.5 Å². The topological polar surface area (TPSA) is 238 Å². The lowest BCUT2D eigenvalue weighted by Crippen LogP contribution is -2.64. The van der Waals surface area contributed by atoms with E-state index in [4.69, 9.17) is 30.0 Å². The van der Waals surface area contributed by atoms with Crippen molar-refractivity contribution in [2.45, 2.75) is 176 Å². The number of para-hydroxylation sites is 1. The van der Waals surface area contributed by atoms with Gasteiger partial charge in [0.2, 0.25) is 17.7 Å². The lowest BCUT2D eigenvalue weighted by Gasteiger charge is -2.69. The first kappa shape index (κ1) is 63.5. The highest BCUT2D eigenvalue weighted by atomic mass is 32.1. The standard InChI is InChI=1S/C70H88N14O6S2/c1-42-49-15-14-28-82(61(49)80-79-60(42)78-65-75-52-16-10-11-17-54(52)92-65)55-23-22-50(51-32-73-84(45(51)4)40-69-35-67(8)34-68(9,36-69)38-70(37-67,39-69)90-30-29-81-26-12-13-27-81)57(76-55)63(88)71-25-24-56(86)77-59(66(5,6)7)64(89)83-33-48(85)31-53(83)62(87)74-43(2)46-18-20-47(21-19-46)58-44(3)72-41-91-58/h10-11,16-23,32,41,43,48,53,59,85H,12-15,24-31,33-40H2,1-9H3,(H,71,88)(H,74,87)(H,77,86)(H,75,78,79)/t43-,48+,53+,59?,67?,68?,69?,70?/m1/s1. The van der Waals surface area contributed by atoms with E-state index in [1.807, 2.05) is 119 Å². The summed E-state index contributed by atoms with van der Waals surface area (Å²) in [5.41, 5.74) is 9.49. The number of benzene rings is 2. The number of anilines is 4. The van der Waals surface area contributed by atoms with Gasteiger partial charge < -0.3 is 45.8 Å². The minimum atomic E-state index is -1.06. The molecule has 6 atom stereocenters. The maximum atomic E-state index is 15.0. The van der Waals surface area contributed by atoms with Gasteiger partial charge in [-0.25, -0.2) is 15.0 Å². The minimum Gasteiger partial charge on any atom is -0.391 e. The van der Waals surface area contributed by atoms with E-state index in [1.165, 1.54) is 24.2 Å². The van der Waals surface area contributed by atoms with Crippen LogP contribution in [-0.4, -0.2) is 143 Å². The molecule has 6 fully saturated rings. The smallest absolute Gasteiger partial charge is 0.270 e. The van der Waals surface area contributed by atoms with E-state index in [0.717, 1.165) is 137 Å². The minimum absolute atomic E-state index is 0.00867. The Labute approximate surface area is 547 Å². The zero-order valence-electron chi connectivity index (χ0n) is 54.7. The molecule has 8 heterocycles. The van der Waals surface area contributed by atoms with Crippen molar-refractivity contribution in [2.24, 2.45) is 21.7 Å². The molecule has 486 valence electrons. The summed E-state index contributed by atoms with van der Waals surface area (Å²) in [6.45, 7) is 23.8. The Hall–Kier alpha value is -7.24. The molecule has 2 aromatic carbocycles. The number of hydrogen-bond donors (Lipinski definition) is 5. The van der Waals surface area contributed by atoms with Crippen LogP contribution in [0.5, 0.6) is 0 Å². The van der Waals surface area contributed by atoms with E-state index in [2.05, 4.69) is 56.6 Å². The number of fused-ring (bicyclic) bond motifs is 2. The Kier molecular flexibility index (Phi) is 17.2.